The van der Waals surface area contributed by atoms with Gasteiger partial charge in [0.25, 0.3) is 5.91 Å². The van der Waals surface area contributed by atoms with Gasteiger partial charge in [0, 0.05) is 11.1 Å². The number of hydrogen-bond donors (Lipinski definition) is 2. The van der Waals surface area contributed by atoms with Crippen LogP contribution in [0, 0.1) is 6.92 Å². The Morgan fingerprint density at radius 2 is 2.23 bits per heavy atom. The van der Waals surface area contributed by atoms with Crippen LogP contribution in [0.5, 0.6) is 5.75 Å². The molecule has 1 amide bonds. The van der Waals surface area contributed by atoms with Gasteiger partial charge in [-0.25, -0.2) is 5.48 Å². The van der Waals surface area contributed by atoms with Crippen molar-refractivity contribution in [2.24, 2.45) is 0 Å². The first-order valence-corrected chi connectivity index (χ1v) is 3.78. The molecular formula is C9H11NO3. The standard InChI is InChI=1S/C9H11NO3/c1-6-7(9(12)10-13-2)4-3-5-8(6)11/h3-5,11H,1-2H3,(H,10,12). The average molecular weight is 181 g/mol. The van der Waals surface area contributed by atoms with Gasteiger partial charge in [0.1, 0.15) is 5.75 Å². The van der Waals surface area contributed by atoms with E-state index in [2.05, 4.69) is 10.3 Å². The Balaban J connectivity index is 3.01. The van der Waals surface area contributed by atoms with Crippen molar-refractivity contribution >= 4 is 5.91 Å². The van der Waals surface area contributed by atoms with Gasteiger partial charge in [-0.15, -0.1) is 0 Å². The number of hydroxylamine groups is 1. The van der Waals surface area contributed by atoms with E-state index >= 15 is 0 Å². The third-order valence-electron chi connectivity index (χ3n) is 1.74. The van der Waals surface area contributed by atoms with E-state index in [-0.39, 0.29) is 11.7 Å². The van der Waals surface area contributed by atoms with Crippen molar-refractivity contribution in [3.8, 4) is 5.75 Å². The molecule has 1 rings (SSSR count). The predicted molar refractivity (Wildman–Crippen MR) is 47.3 cm³/mol. The Labute approximate surface area is 76.1 Å². The molecule has 0 aromatic heterocycles. The number of rotatable bonds is 2. The molecule has 70 valence electrons. The summed E-state index contributed by atoms with van der Waals surface area (Å²) in [5, 5.41) is 9.30. The molecule has 0 saturated carbocycles. The summed E-state index contributed by atoms with van der Waals surface area (Å²) in [7, 11) is 1.36. The molecule has 0 aliphatic rings. The van der Waals surface area contributed by atoms with Gasteiger partial charge in [0.15, 0.2) is 0 Å². The minimum atomic E-state index is -0.365. The highest BCUT2D eigenvalue weighted by Gasteiger charge is 2.09. The first-order valence-electron chi connectivity index (χ1n) is 3.78. The molecule has 0 spiro atoms. The molecule has 0 atom stereocenters. The van der Waals surface area contributed by atoms with Gasteiger partial charge in [0.2, 0.25) is 0 Å². The van der Waals surface area contributed by atoms with Gasteiger partial charge in [0.05, 0.1) is 7.11 Å². The number of aromatic hydroxyl groups is 1. The topological polar surface area (TPSA) is 58.6 Å². The van der Waals surface area contributed by atoms with Crippen molar-refractivity contribution in [3.63, 3.8) is 0 Å². The second kappa shape index (κ2) is 3.91. The fourth-order valence-corrected chi connectivity index (χ4v) is 1.02. The van der Waals surface area contributed by atoms with E-state index in [9.17, 15) is 9.90 Å². The van der Waals surface area contributed by atoms with Crippen LogP contribution in [0.3, 0.4) is 0 Å². The number of nitrogens with one attached hydrogen (secondary N) is 1. The molecule has 0 aliphatic heterocycles. The van der Waals surface area contributed by atoms with E-state index in [1.54, 1.807) is 19.1 Å². The summed E-state index contributed by atoms with van der Waals surface area (Å²) in [5.74, 6) is -0.264. The molecule has 4 heteroatoms. The van der Waals surface area contributed by atoms with E-state index < -0.39 is 0 Å². The summed E-state index contributed by atoms with van der Waals surface area (Å²) < 4.78 is 0. The molecular weight excluding hydrogens is 170 g/mol. The van der Waals surface area contributed by atoms with E-state index in [0.717, 1.165) is 0 Å². The Hall–Kier alpha value is -1.55. The van der Waals surface area contributed by atoms with Crippen molar-refractivity contribution in [1.29, 1.82) is 0 Å². The molecule has 0 unspecified atom stereocenters. The van der Waals surface area contributed by atoms with Gasteiger partial charge < -0.3 is 5.11 Å². The lowest BCUT2D eigenvalue weighted by Gasteiger charge is -2.06. The van der Waals surface area contributed by atoms with Crippen LogP contribution >= 0.6 is 0 Å². The van der Waals surface area contributed by atoms with E-state index in [4.69, 9.17) is 0 Å². The number of phenols is 1. The Morgan fingerprint density at radius 3 is 2.85 bits per heavy atom. The minimum Gasteiger partial charge on any atom is -0.508 e. The Morgan fingerprint density at radius 1 is 1.54 bits per heavy atom. The highest BCUT2D eigenvalue weighted by Crippen LogP contribution is 2.19. The van der Waals surface area contributed by atoms with Crippen LogP contribution in [-0.4, -0.2) is 18.1 Å². The van der Waals surface area contributed by atoms with Crippen molar-refractivity contribution in [1.82, 2.24) is 5.48 Å². The maximum atomic E-state index is 11.3. The molecule has 1 aromatic carbocycles. The SMILES string of the molecule is CONC(=O)c1cccc(O)c1C. The Bertz CT molecular complexity index is 323. The molecule has 0 aliphatic carbocycles. The van der Waals surface area contributed by atoms with Crippen molar-refractivity contribution in [3.05, 3.63) is 29.3 Å². The zero-order valence-electron chi connectivity index (χ0n) is 7.50. The molecule has 0 heterocycles. The predicted octanol–water partition coefficient (Wildman–Crippen LogP) is 0.992. The Kier molecular flexibility index (Phi) is 2.87. The molecule has 1 aromatic rings. The normalized spacial score (nSPS) is 9.69. The number of carbonyl (C=O) groups is 1. The summed E-state index contributed by atoms with van der Waals surface area (Å²) in [4.78, 5) is 15.7. The highest BCUT2D eigenvalue weighted by atomic mass is 16.6. The van der Waals surface area contributed by atoms with Crippen molar-refractivity contribution < 1.29 is 14.7 Å². The maximum absolute atomic E-state index is 11.3. The smallest absolute Gasteiger partial charge is 0.275 e. The van der Waals surface area contributed by atoms with Crippen LogP contribution in [-0.2, 0) is 4.84 Å². The molecule has 4 nitrogen and oxygen atoms in total. The minimum absolute atomic E-state index is 0.101. The number of phenolic OH excluding ortho intramolecular Hbond substituents is 1. The van der Waals surface area contributed by atoms with Crippen LogP contribution in [0.4, 0.5) is 0 Å². The first kappa shape index (κ1) is 9.54. The second-order valence-corrected chi connectivity index (χ2v) is 2.59. The lowest BCUT2D eigenvalue weighted by atomic mass is 10.1. The van der Waals surface area contributed by atoms with Crippen LogP contribution < -0.4 is 5.48 Å². The number of benzene rings is 1. The van der Waals surface area contributed by atoms with Gasteiger partial charge >= 0.3 is 0 Å². The zero-order valence-corrected chi connectivity index (χ0v) is 7.50. The van der Waals surface area contributed by atoms with Crippen molar-refractivity contribution in [2.75, 3.05) is 7.11 Å². The average Bonchev–Trinajstić information content (AvgIpc) is 2.10. The largest absolute Gasteiger partial charge is 0.508 e. The fraction of sp³-hybridized carbons (Fsp3) is 0.222. The van der Waals surface area contributed by atoms with Gasteiger partial charge in [-0.3, -0.25) is 9.63 Å². The number of hydrogen-bond acceptors (Lipinski definition) is 3. The summed E-state index contributed by atoms with van der Waals surface area (Å²) in [6.45, 7) is 1.67. The second-order valence-electron chi connectivity index (χ2n) is 2.59. The molecule has 2 N–H and O–H groups in total. The van der Waals surface area contributed by atoms with E-state index in [1.165, 1.54) is 13.2 Å². The quantitative estimate of drug-likeness (QED) is 0.669. The zero-order chi connectivity index (χ0) is 9.84. The first-order chi connectivity index (χ1) is 6.16. The van der Waals surface area contributed by atoms with Crippen LogP contribution in [0.25, 0.3) is 0 Å². The van der Waals surface area contributed by atoms with Gasteiger partial charge in [-0.1, -0.05) is 6.07 Å². The van der Waals surface area contributed by atoms with Crippen LogP contribution in [0.1, 0.15) is 15.9 Å². The number of carbonyl (C=O) groups excluding carboxylic acids is 1. The summed E-state index contributed by atoms with van der Waals surface area (Å²) in [6.07, 6.45) is 0. The molecule has 0 bridgehead atoms. The third kappa shape index (κ3) is 1.97. The molecule has 13 heavy (non-hydrogen) atoms. The van der Waals surface area contributed by atoms with Gasteiger partial charge in [-0.2, -0.15) is 0 Å². The maximum Gasteiger partial charge on any atom is 0.275 e. The fourth-order valence-electron chi connectivity index (χ4n) is 1.02. The molecule has 0 radical (unpaired) electrons. The van der Waals surface area contributed by atoms with E-state index in [0.29, 0.717) is 11.1 Å². The highest BCUT2D eigenvalue weighted by molar-refractivity contribution is 5.95. The lowest BCUT2D eigenvalue weighted by Crippen LogP contribution is -2.22. The monoisotopic (exact) mass is 181 g/mol. The van der Waals surface area contributed by atoms with Crippen LogP contribution in [0.2, 0.25) is 0 Å². The molecule has 0 saturated heterocycles. The third-order valence-corrected chi connectivity index (χ3v) is 1.74. The lowest BCUT2D eigenvalue weighted by molar-refractivity contribution is 0.0536. The van der Waals surface area contributed by atoms with Crippen molar-refractivity contribution in [2.45, 2.75) is 6.92 Å². The van der Waals surface area contributed by atoms with Crippen LogP contribution in [0.15, 0.2) is 18.2 Å². The molecule has 0 fully saturated rings. The van der Waals surface area contributed by atoms with E-state index in [1.807, 2.05) is 0 Å². The summed E-state index contributed by atoms with van der Waals surface area (Å²) >= 11 is 0. The van der Waals surface area contributed by atoms with Gasteiger partial charge in [-0.05, 0) is 19.1 Å². The number of amides is 1. The summed E-state index contributed by atoms with van der Waals surface area (Å²) in [6, 6.07) is 4.75. The summed E-state index contributed by atoms with van der Waals surface area (Å²) in [5.41, 5.74) is 3.12.